The lowest BCUT2D eigenvalue weighted by atomic mass is 10.2. The fourth-order valence-electron chi connectivity index (χ4n) is 2.56. The molecule has 1 unspecified atom stereocenters. The maximum absolute atomic E-state index is 13.0. The van der Waals surface area contributed by atoms with E-state index in [2.05, 4.69) is 35.9 Å². The van der Waals surface area contributed by atoms with Gasteiger partial charge in [-0.3, -0.25) is 14.4 Å². The number of carbonyl (C=O) groups is 3. The number of hydrogen-bond acceptors (Lipinski definition) is 8. The van der Waals surface area contributed by atoms with Crippen LogP contribution >= 0.6 is 22.9 Å². The summed E-state index contributed by atoms with van der Waals surface area (Å²) in [6, 6.07) is 1.19. The first-order valence-electron chi connectivity index (χ1n) is 10.3. The fraction of sp³-hybridized carbons (Fsp3) is 0.286. The maximum Gasteiger partial charge on any atom is 0.418 e. The Bertz CT molecular complexity index is 1250. The van der Waals surface area contributed by atoms with E-state index >= 15 is 0 Å². The van der Waals surface area contributed by atoms with Gasteiger partial charge in [-0.15, -0.1) is 11.3 Å². The number of nitrogens with one attached hydrogen (secondary N) is 3. The number of amides is 3. The zero-order valence-corrected chi connectivity index (χ0v) is 21.0. The second-order valence-corrected chi connectivity index (χ2v) is 8.10. The Kier molecular flexibility index (Phi) is 9.81. The minimum Gasteiger partial charge on any atom is -0.354 e. The number of anilines is 1. The average Bonchev–Trinajstić information content (AvgIpc) is 3.36. The highest BCUT2D eigenvalue weighted by Gasteiger charge is 2.34. The van der Waals surface area contributed by atoms with Gasteiger partial charge in [-0.05, 0) is 13.0 Å². The highest BCUT2D eigenvalue weighted by molar-refractivity contribution is 7.13. The Balaban J connectivity index is 0.00000222. The number of thiazole rings is 1. The summed E-state index contributed by atoms with van der Waals surface area (Å²) in [5.74, 6) is -2.17. The maximum atomic E-state index is 13.0. The molecule has 0 aliphatic carbocycles. The van der Waals surface area contributed by atoms with Crippen LogP contribution in [0.1, 0.15) is 68.0 Å². The molecule has 0 aliphatic heterocycles. The van der Waals surface area contributed by atoms with Gasteiger partial charge in [-0.2, -0.15) is 13.2 Å². The predicted octanol–water partition coefficient (Wildman–Crippen LogP) is 4.13. The van der Waals surface area contributed by atoms with Crippen LogP contribution in [-0.2, 0) is 6.18 Å². The molecule has 0 aliphatic rings. The lowest BCUT2D eigenvalue weighted by Crippen LogP contribution is -2.28. The highest BCUT2D eigenvalue weighted by Crippen LogP contribution is 2.35. The normalized spacial score (nSPS) is 11.6. The summed E-state index contributed by atoms with van der Waals surface area (Å²) >= 11 is 6.44. The van der Waals surface area contributed by atoms with E-state index in [1.807, 2.05) is 13.8 Å². The first kappa shape index (κ1) is 28.6. The van der Waals surface area contributed by atoms with Crippen LogP contribution < -0.4 is 16.0 Å². The zero-order chi connectivity index (χ0) is 27.0. The molecule has 3 aromatic heterocycles. The number of alkyl halides is 3. The van der Waals surface area contributed by atoms with Gasteiger partial charge in [0.2, 0.25) is 0 Å². The summed E-state index contributed by atoms with van der Waals surface area (Å²) < 4.78 is 39.0. The molecule has 3 rings (SSSR count). The molecule has 36 heavy (non-hydrogen) atoms. The van der Waals surface area contributed by atoms with Gasteiger partial charge in [0.1, 0.15) is 33.4 Å². The van der Waals surface area contributed by atoms with Crippen molar-refractivity contribution < 1.29 is 27.6 Å². The molecule has 1 atom stereocenters. The average molecular weight is 544 g/mol. The van der Waals surface area contributed by atoms with E-state index in [-0.39, 0.29) is 22.1 Å². The van der Waals surface area contributed by atoms with Gasteiger partial charge in [-0.25, -0.2) is 19.9 Å². The van der Waals surface area contributed by atoms with Crippen molar-refractivity contribution in [2.45, 2.75) is 33.0 Å². The van der Waals surface area contributed by atoms with Crippen molar-refractivity contribution in [3.05, 3.63) is 62.7 Å². The fourth-order valence-corrected chi connectivity index (χ4v) is 3.59. The minimum atomic E-state index is -4.71. The summed E-state index contributed by atoms with van der Waals surface area (Å²) in [7, 11) is 1.42. The van der Waals surface area contributed by atoms with E-state index in [1.54, 1.807) is 6.92 Å². The lowest BCUT2D eigenvalue weighted by molar-refractivity contribution is -0.137. The quantitative estimate of drug-likeness (QED) is 0.425. The monoisotopic (exact) mass is 543 g/mol. The summed E-state index contributed by atoms with van der Waals surface area (Å²) in [5.41, 5.74) is -1.18. The molecule has 0 saturated carbocycles. The Morgan fingerprint density at radius 3 is 2.22 bits per heavy atom. The Morgan fingerprint density at radius 1 is 0.972 bits per heavy atom. The molecule has 10 nitrogen and oxygen atoms in total. The molecule has 0 spiro atoms. The van der Waals surface area contributed by atoms with E-state index in [1.165, 1.54) is 19.3 Å². The van der Waals surface area contributed by atoms with Crippen LogP contribution in [0.5, 0.6) is 0 Å². The van der Waals surface area contributed by atoms with E-state index in [9.17, 15) is 27.6 Å². The van der Waals surface area contributed by atoms with Gasteiger partial charge in [0.05, 0.1) is 22.8 Å². The van der Waals surface area contributed by atoms with Crippen LogP contribution in [0, 0.1) is 0 Å². The summed E-state index contributed by atoms with van der Waals surface area (Å²) in [6.07, 6.45) is -1.63. The molecule has 15 heteroatoms. The summed E-state index contributed by atoms with van der Waals surface area (Å²) in [6.45, 7) is 5.61. The van der Waals surface area contributed by atoms with Crippen LogP contribution in [0.3, 0.4) is 0 Å². The topological polar surface area (TPSA) is 139 Å². The predicted molar refractivity (Wildman–Crippen MR) is 127 cm³/mol. The second kappa shape index (κ2) is 12.4. The lowest BCUT2D eigenvalue weighted by Gasteiger charge is -2.11. The van der Waals surface area contributed by atoms with Gasteiger partial charge in [-0.1, -0.05) is 25.4 Å². The third-order valence-corrected chi connectivity index (χ3v) is 5.71. The molecule has 192 valence electrons. The number of carbonyl (C=O) groups excluding carboxylic acids is 3. The van der Waals surface area contributed by atoms with Crippen molar-refractivity contribution in [2.75, 3.05) is 12.4 Å². The van der Waals surface area contributed by atoms with Crippen LogP contribution in [0.15, 0.2) is 30.9 Å². The highest BCUT2D eigenvalue weighted by atomic mass is 35.5. The molecular weight excluding hydrogens is 523 g/mol. The van der Waals surface area contributed by atoms with E-state index in [0.29, 0.717) is 11.1 Å². The molecule has 0 fully saturated rings. The van der Waals surface area contributed by atoms with Crippen molar-refractivity contribution in [3.63, 3.8) is 0 Å². The van der Waals surface area contributed by atoms with Gasteiger partial charge >= 0.3 is 6.18 Å². The molecule has 0 aromatic carbocycles. The van der Waals surface area contributed by atoms with Gasteiger partial charge in [0, 0.05) is 19.3 Å². The minimum absolute atomic E-state index is 0.00741. The summed E-state index contributed by atoms with van der Waals surface area (Å²) in [5, 5.41) is 7.03. The van der Waals surface area contributed by atoms with Crippen LogP contribution in [0.4, 0.5) is 19.0 Å². The Hall–Kier alpha value is -3.65. The van der Waals surface area contributed by atoms with Crippen LogP contribution in [0.25, 0.3) is 0 Å². The molecule has 3 N–H and O–H groups in total. The van der Waals surface area contributed by atoms with Gasteiger partial charge in [0.25, 0.3) is 17.7 Å². The number of rotatable bonds is 6. The van der Waals surface area contributed by atoms with Gasteiger partial charge in [0.15, 0.2) is 0 Å². The van der Waals surface area contributed by atoms with Crippen molar-refractivity contribution in [1.82, 2.24) is 30.6 Å². The van der Waals surface area contributed by atoms with Crippen LogP contribution in [-0.4, -0.2) is 44.7 Å². The second-order valence-electron chi connectivity index (χ2n) is 6.63. The summed E-state index contributed by atoms with van der Waals surface area (Å²) in [4.78, 5) is 52.0. The molecule has 0 bridgehead atoms. The van der Waals surface area contributed by atoms with E-state index in [4.69, 9.17) is 11.6 Å². The number of hydrogen-bond donors (Lipinski definition) is 3. The molecule has 0 radical (unpaired) electrons. The van der Waals surface area contributed by atoms with E-state index in [0.717, 1.165) is 23.9 Å². The number of pyridine rings is 1. The SMILES string of the molecule is CC.CNC(=O)c1cc(C(=O)NC(C)c2ncc(C(=O)Nc3cc(C(F)(F)F)c(Cl)cn3)s2)ncn1. The first-order valence-corrected chi connectivity index (χ1v) is 11.5. The van der Waals surface area contributed by atoms with Crippen molar-refractivity contribution in [3.8, 4) is 0 Å². The Labute approximate surface area is 212 Å². The molecule has 3 heterocycles. The molecular formula is C21H21ClF3N7O3S. The van der Waals surface area contributed by atoms with E-state index < -0.39 is 40.5 Å². The Morgan fingerprint density at radius 2 is 1.61 bits per heavy atom. The van der Waals surface area contributed by atoms with Crippen molar-refractivity contribution in [2.24, 2.45) is 0 Å². The third kappa shape index (κ3) is 7.18. The molecule has 3 aromatic rings. The largest absolute Gasteiger partial charge is 0.418 e. The number of aromatic nitrogens is 4. The van der Waals surface area contributed by atoms with Gasteiger partial charge < -0.3 is 16.0 Å². The smallest absolute Gasteiger partial charge is 0.354 e. The first-order chi connectivity index (χ1) is 17.0. The molecule has 3 amide bonds. The molecule has 0 saturated heterocycles. The standard InChI is InChI=1S/C19H15ClF3N7O3S.C2H6/c1-8(29-16(32)12-4-11(15(31)24-2)27-7-28-12)18-26-6-13(34-18)17(33)30-14-3-9(19(21,22)23)10(20)5-25-14;1-2/h3-8H,1-2H3,(H,24,31)(H,29,32)(H,25,30,33);1-2H3. The van der Waals surface area contributed by atoms with Crippen LogP contribution in [0.2, 0.25) is 5.02 Å². The number of nitrogens with zero attached hydrogens (tertiary/aromatic N) is 4. The van der Waals surface area contributed by atoms with Crippen molar-refractivity contribution >= 4 is 46.5 Å². The third-order valence-electron chi connectivity index (χ3n) is 4.23. The number of halogens is 4. The van der Waals surface area contributed by atoms with Crippen molar-refractivity contribution in [1.29, 1.82) is 0 Å². The zero-order valence-electron chi connectivity index (χ0n) is 19.4.